The van der Waals surface area contributed by atoms with E-state index in [4.69, 9.17) is 9.47 Å². The van der Waals surface area contributed by atoms with E-state index < -0.39 is 17.6 Å². The third kappa shape index (κ3) is 4.07. The van der Waals surface area contributed by atoms with Crippen LogP contribution in [-0.2, 0) is 19.1 Å². The summed E-state index contributed by atoms with van der Waals surface area (Å²) in [6.07, 6.45) is 11.9. The highest BCUT2D eigenvalue weighted by molar-refractivity contribution is 5.94. The fourth-order valence-electron chi connectivity index (χ4n) is 8.60. The number of carbonyl (C=O) groups is 3. The Morgan fingerprint density at radius 3 is 2.71 bits per heavy atom. The summed E-state index contributed by atoms with van der Waals surface area (Å²) < 4.78 is 10.1. The van der Waals surface area contributed by atoms with E-state index in [0.29, 0.717) is 24.2 Å². The van der Waals surface area contributed by atoms with Crippen LogP contribution in [0, 0.1) is 59.2 Å². The van der Waals surface area contributed by atoms with Gasteiger partial charge < -0.3 is 14.8 Å². The van der Waals surface area contributed by atoms with Crippen LogP contribution < -0.4 is 5.32 Å². The first-order valence-electron chi connectivity index (χ1n) is 13.4. The second-order valence-corrected chi connectivity index (χ2v) is 11.7. The van der Waals surface area contributed by atoms with Gasteiger partial charge in [0.1, 0.15) is 0 Å². The summed E-state index contributed by atoms with van der Waals surface area (Å²) in [6, 6.07) is -0.527. The van der Waals surface area contributed by atoms with Crippen molar-refractivity contribution < 1.29 is 23.9 Å². The number of amides is 1. The zero-order valence-corrected chi connectivity index (χ0v) is 21.6. The van der Waals surface area contributed by atoms with Crippen molar-refractivity contribution in [1.29, 1.82) is 0 Å². The van der Waals surface area contributed by atoms with Gasteiger partial charge >= 0.3 is 12.1 Å². The topological polar surface area (TPSA) is 81.7 Å². The summed E-state index contributed by atoms with van der Waals surface area (Å²) >= 11 is 0. The average Bonchev–Trinajstić information content (AvgIpc) is 3.18. The van der Waals surface area contributed by atoms with Gasteiger partial charge in [0.15, 0.2) is 5.78 Å². The van der Waals surface area contributed by atoms with E-state index in [-0.39, 0.29) is 41.5 Å². The molecule has 4 saturated carbocycles. The number of carbonyl (C=O) groups excluding carboxylic acids is 3. The minimum atomic E-state index is -0.527. The lowest BCUT2D eigenvalue weighted by molar-refractivity contribution is -0.157. The average molecular weight is 474 g/mol. The van der Waals surface area contributed by atoms with Crippen LogP contribution >= 0.6 is 0 Å². The van der Waals surface area contributed by atoms with Gasteiger partial charge in [-0.15, -0.1) is 0 Å². The molecule has 4 rings (SSSR count). The smallest absolute Gasteiger partial charge is 0.407 e. The highest BCUT2D eigenvalue weighted by Gasteiger charge is 2.67. The van der Waals surface area contributed by atoms with Gasteiger partial charge in [0, 0.05) is 11.8 Å². The maximum absolute atomic E-state index is 14.5. The molecule has 4 aliphatic carbocycles. The highest BCUT2D eigenvalue weighted by Crippen LogP contribution is 2.67. The molecule has 0 aliphatic heterocycles. The summed E-state index contributed by atoms with van der Waals surface area (Å²) in [5.74, 6) is 1.66. The molecule has 0 spiro atoms. The summed E-state index contributed by atoms with van der Waals surface area (Å²) in [7, 11) is 1.42. The number of ketones is 1. The van der Waals surface area contributed by atoms with Crippen LogP contribution in [0.25, 0.3) is 0 Å². The maximum atomic E-state index is 14.5. The molecule has 6 nitrogen and oxygen atoms in total. The first-order chi connectivity index (χ1) is 16.2. The van der Waals surface area contributed by atoms with Crippen LogP contribution in [0.1, 0.15) is 79.1 Å². The molecule has 4 fully saturated rings. The highest BCUT2D eigenvalue weighted by atomic mass is 16.5. The van der Waals surface area contributed by atoms with Crippen molar-refractivity contribution in [2.24, 2.45) is 46.3 Å². The number of rotatable bonds is 6. The van der Waals surface area contributed by atoms with Crippen molar-refractivity contribution >= 4 is 17.8 Å². The quantitative estimate of drug-likeness (QED) is 0.539. The first kappa shape index (κ1) is 25.5. The van der Waals surface area contributed by atoms with Gasteiger partial charge in [0.25, 0.3) is 0 Å². The molecule has 6 heteroatoms. The molecule has 2 radical (unpaired) electrons. The molecule has 1 N–H and O–H groups in total. The number of methoxy groups -OCH3 is 1. The zero-order valence-electron chi connectivity index (χ0n) is 21.6. The lowest BCUT2D eigenvalue weighted by Crippen LogP contribution is -2.67. The van der Waals surface area contributed by atoms with Crippen molar-refractivity contribution in [3.05, 3.63) is 12.8 Å². The molecule has 9 atom stereocenters. The number of ether oxygens (including phenoxy) is 2. The van der Waals surface area contributed by atoms with Crippen LogP contribution in [0.15, 0.2) is 0 Å². The number of hydrogen-bond donors (Lipinski definition) is 1. The van der Waals surface area contributed by atoms with Gasteiger partial charge in [-0.1, -0.05) is 20.8 Å². The molecule has 1 amide bonds. The Balaban J connectivity index is 1.68. The normalized spacial score (nSPS) is 42.1. The van der Waals surface area contributed by atoms with Crippen LogP contribution in [0.5, 0.6) is 0 Å². The third-order valence-electron chi connectivity index (χ3n) is 10.4. The van der Waals surface area contributed by atoms with Crippen molar-refractivity contribution in [1.82, 2.24) is 5.32 Å². The molecule has 34 heavy (non-hydrogen) atoms. The molecular formula is C28H43NO5. The molecule has 190 valence electrons. The molecule has 4 unspecified atom stereocenters. The molecule has 0 aromatic heterocycles. The van der Waals surface area contributed by atoms with Gasteiger partial charge in [-0.2, -0.15) is 0 Å². The van der Waals surface area contributed by atoms with Crippen LogP contribution in [0.3, 0.4) is 0 Å². The molecule has 0 heterocycles. The van der Waals surface area contributed by atoms with Gasteiger partial charge in [0.05, 0.1) is 19.8 Å². The Morgan fingerprint density at radius 1 is 1.24 bits per heavy atom. The summed E-state index contributed by atoms with van der Waals surface area (Å²) in [5.41, 5.74) is -0.481. The van der Waals surface area contributed by atoms with Crippen molar-refractivity contribution in [2.45, 2.75) is 85.1 Å². The fourth-order valence-corrected chi connectivity index (χ4v) is 8.60. The monoisotopic (exact) mass is 473 g/mol. The number of fused-ring (bicyclic) bond motifs is 5. The van der Waals surface area contributed by atoms with Gasteiger partial charge in [0.2, 0.25) is 0 Å². The molecule has 0 bridgehead atoms. The van der Waals surface area contributed by atoms with E-state index in [1.807, 2.05) is 0 Å². The number of hydrogen-bond acceptors (Lipinski definition) is 5. The number of alkyl carbamates (subject to hydrolysis) is 1. The van der Waals surface area contributed by atoms with Gasteiger partial charge in [-0.05, 0) is 106 Å². The lowest BCUT2D eigenvalue weighted by Gasteiger charge is -2.62. The molecule has 0 aromatic rings. The Hall–Kier alpha value is -1.59. The molecule has 4 aliphatic rings. The lowest BCUT2D eigenvalue weighted by atomic mass is 9.43. The minimum absolute atomic E-state index is 0.0317. The number of Topliss-reactive ketones (excluding diaryl/α,β-unsaturated/α-hetero) is 1. The SMILES string of the molecule is CCOC(=O)N[C@@H]1C(=O)[C@@]2(C)C(CCC2[C@H](C)CCC(=O)OC)C2[CH]C[C@@H]3C[CH]CC[C@]3(C)C21. The summed E-state index contributed by atoms with van der Waals surface area (Å²) in [4.78, 5) is 38.9. The third-order valence-corrected chi connectivity index (χ3v) is 10.4. The Labute approximate surface area is 205 Å². The minimum Gasteiger partial charge on any atom is -0.469 e. The summed E-state index contributed by atoms with van der Waals surface area (Å²) in [5, 5.41) is 3.07. The maximum Gasteiger partial charge on any atom is 0.407 e. The second-order valence-electron chi connectivity index (χ2n) is 11.7. The Bertz CT molecular complexity index is 798. The Morgan fingerprint density at radius 2 is 2.00 bits per heavy atom. The van der Waals surface area contributed by atoms with E-state index >= 15 is 0 Å². The Kier molecular flexibility index (Phi) is 7.36. The van der Waals surface area contributed by atoms with Gasteiger partial charge in [-0.25, -0.2) is 4.79 Å². The zero-order chi connectivity index (χ0) is 24.7. The fraction of sp³-hybridized carbons (Fsp3) is 0.821. The summed E-state index contributed by atoms with van der Waals surface area (Å²) in [6.45, 7) is 8.78. The van der Waals surface area contributed by atoms with E-state index in [9.17, 15) is 14.4 Å². The van der Waals surface area contributed by atoms with E-state index in [2.05, 4.69) is 38.9 Å². The van der Waals surface area contributed by atoms with Crippen LogP contribution in [-0.4, -0.2) is 37.6 Å². The molecule has 0 saturated heterocycles. The standard InChI is InChI=1S/C28H43NO5/c1-6-34-26(32)29-24-23-19(12-11-18-9-7-8-16-27(18,23)3)21-14-13-20(28(21,4)25(24)31)17(2)10-15-22(30)33-5/h7,12,17-21,23-24H,6,8-11,13-16H2,1-5H3,(H,29,32)/t17-,18+,19?,20?,21?,23?,24+,27+,28-/m1/s1. The van der Waals surface area contributed by atoms with Crippen LogP contribution in [0.4, 0.5) is 4.79 Å². The van der Waals surface area contributed by atoms with Crippen LogP contribution in [0.2, 0.25) is 0 Å². The number of nitrogens with one attached hydrogen (secondary N) is 1. The van der Waals surface area contributed by atoms with E-state index in [0.717, 1.165) is 44.9 Å². The largest absolute Gasteiger partial charge is 0.469 e. The predicted molar refractivity (Wildman–Crippen MR) is 129 cm³/mol. The van der Waals surface area contributed by atoms with E-state index in [1.54, 1.807) is 6.92 Å². The predicted octanol–water partition coefficient (Wildman–Crippen LogP) is 5.16. The van der Waals surface area contributed by atoms with Crippen molar-refractivity contribution in [3.8, 4) is 0 Å². The number of esters is 1. The van der Waals surface area contributed by atoms with Crippen molar-refractivity contribution in [3.63, 3.8) is 0 Å². The first-order valence-corrected chi connectivity index (χ1v) is 13.4. The molecule has 0 aromatic carbocycles. The van der Waals surface area contributed by atoms with Crippen molar-refractivity contribution in [2.75, 3.05) is 13.7 Å². The van der Waals surface area contributed by atoms with Gasteiger partial charge in [-0.3, -0.25) is 9.59 Å². The second kappa shape index (κ2) is 9.81. The van der Waals surface area contributed by atoms with E-state index in [1.165, 1.54) is 7.11 Å². The molecular weight excluding hydrogens is 430 g/mol.